The highest BCUT2D eigenvalue weighted by Gasteiger charge is 2.17. The zero-order valence-corrected chi connectivity index (χ0v) is 13.8. The molecular weight excluding hydrogens is 304 g/mol. The van der Waals surface area contributed by atoms with Gasteiger partial charge in [0.15, 0.2) is 0 Å². The molecule has 0 saturated carbocycles. The van der Waals surface area contributed by atoms with Crippen LogP contribution in [-0.4, -0.2) is 35.1 Å². The van der Waals surface area contributed by atoms with E-state index in [9.17, 15) is 4.79 Å². The van der Waals surface area contributed by atoms with Crippen LogP contribution < -0.4 is 10.6 Å². The summed E-state index contributed by atoms with van der Waals surface area (Å²) in [5.74, 6) is 0.303. The van der Waals surface area contributed by atoms with Crippen molar-refractivity contribution in [3.05, 3.63) is 47.8 Å². The van der Waals surface area contributed by atoms with Crippen molar-refractivity contribution in [1.82, 2.24) is 15.3 Å². The van der Waals surface area contributed by atoms with Crippen molar-refractivity contribution in [2.24, 2.45) is 0 Å². The third-order valence-electron chi connectivity index (χ3n) is 4.07. The lowest BCUT2D eigenvalue weighted by Crippen LogP contribution is -2.31. The fourth-order valence-corrected chi connectivity index (χ4v) is 2.69. The molecule has 3 rings (SSSR count). The second kappa shape index (κ2) is 7.88. The summed E-state index contributed by atoms with van der Waals surface area (Å²) >= 11 is 0. The molecule has 1 aliphatic rings. The van der Waals surface area contributed by atoms with Crippen molar-refractivity contribution >= 4 is 17.5 Å². The van der Waals surface area contributed by atoms with E-state index in [2.05, 4.69) is 33.6 Å². The van der Waals surface area contributed by atoms with Gasteiger partial charge < -0.3 is 15.4 Å². The van der Waals surface area contributed by atoms with Crippen LogP contribution >= 0.6 is 0 Å². The summed E-state index contributed by atoms with van der Waals surface area (Å²) in [6.07, 6.45) is 6.18. The number of nitrogens with zero attached hydrogens (tertiary/aromatic N) is 2. The molecule has 2 aromatic rings. The Hall–Kier alpha value is -2.47. The number of para-hydroxylation sites is 1. The summed E-state index contributed by atoms with van der Waals surface area (Å²) in [4.78, 5) is 20.6. The van der Waals surface area contributed by atoms with Gasteiger partial charge in [-0.05, 0) is 30.9 Å². The van der Waals surface area contributed by atoms with Gasteiger partial charge in [0.1, 0.15) is 0 Å². The lowest BCUT2D eigenvalue weighted by molar-refractivity contribution is 0.0857. The number of ether oxygens (including phenoxy) is 1. The van der Waals surface area contributed by atoms with Gasteiger partial charge in [-0.15, -0.1) is 0 Å². The summed E-state index contributed by atoms with van der Waals surface area (Å²) in [5.41, 5.74) is 2.62. The van der Waals surface area contributed by atoms with Crippen LogP contribution in [0.1, 0.15) is 35.7 Å². The molecule has 1 amide bonds. The average molecular weight is 326 g/mol. The highest BCUT2D eigenvalue weighted by Crippen LogP contribution is 2.18. The van der Waals surface area contributed by atoms with Crippen molar-refractivity contribution in [3.8, 4) is 0 Å². The average Bonchev–Trinajstić information content (AvgIpc) is 3.14. The predicted molar refractivity (Wildman–Crippen MR) is 92.4 cm³/mol. The fourth-order valence-electron chi connectivity index (χ4n) is 2.69. The van der Waals surface area contributed by atoms with Crippen molar-refractivity contribution in [1.29, 1.82) is 0 Å². The van der Waals surface area contributed by atoms with Gasteiger partial charge in [0.25, 0.3) is 5.91 Å². The van der Waals surface area contributed by atoms with E-state index in [-0.39, 0.29) is 12.0 Å². The molecule has 2 N–H and O–H groups in total. The fraction of sp³-hybridized carbons (Fsp3) is 0.389. The molecule has 0 bridgehead atoms. The molecular formula is C18H22N4O2. The van der Waals surface area contributed by atoms with Gasteiger partial charge in [0.2, 0.25) is 5.95 Å². The lowest BCUT2D eigenvalue weighted by Gasteiger charge is -2.11. The van der Waals surface area contributed by atoms with E-state index in [1.54, 1.807) is 0 Å². The minimum atomic E-state index is -0.175. The summed E-state index contributed by atoms with van der Waals surface area (Å²) in [7, 11) is 0. The molecule has 126 valence electrons. The van der Waals surface area contributed by atoms with Crippen molar-refractivity contribution in [3.63, 3.8) is 0 Å². The largest absolute Gasteiger partial charge is 0.376 e. The predicted octanol–water partition coefficient (Wildman–Crippen LogP) is 2.69. The van der Waals surface area contributed by atoms with Crippen LogP contribution in [0.15, 0.2) is 36.7 Å². The van der Waals surface area contributed by atoms with E-state index in [4.69, 9.17) is 4.74 Å². The smallest absolute Gasteiger partial charge is 0.254 e. The molecule has 1 atom stereocenters. The highest BCUT2D eigenvalue weighted by molar-refractivity contribution is 5.93. The highest BCUT2D eigenvalue weighted by atomic mass is 16.5. The molecule has 1 saturated heterocycles. The number of nitrogens with one attached hydrogen (secondary N) is 2. The molecule has 1 aromatic carbocycles. The third kappa shape index (κ3) is 4.08. The maximum Gasteiger partial charge on any atom is 0.254 e. The molecule has 24 heavy (non-hydrogen) atoms. The Morgan fingerprint density at radius 3 is 2.79 bits per heavy atom. The Labute approximate surface area is 141 Å². The topological polar surface area (TPSA) is 76.1 Å². The van der Waals surface area contributed by atoms with Crippen molar-refractivity contribution in [2.75, 3.05) is 18.5 Å². The number of amides is 1. The van der Waals surface area contributed by atoms with E-state index in [0.29, 0.717) is 18.1 Å². The third-order valence-corrected chi connectivity index (χ3v) is 4.07. The summed E-state index contributed by atoms with van der Waals surface area (Å²) in [6.45, 7) is 3.41. The van der Waals surface area contributed by atoms with Gasteiger partial charge in [-0.1, -0.05) is 25.1 Å². The number of anilines is 2. The van der Waals surface area contributed by atoms with E-state index in [1.165, 1.54) is 18.0 Å². The van der Waals surface area contributed by atoms with Gasteiger partial charge >= 0.3 is 0 Å². The molecule has 1 aromatic heterocycles. The molecule has 0 aliphatic carbocycles. The zero-order valence-electron chi connectivity index (χ0n) is 13.8. The van der Waals surface area contributed by atoms with Gasteiger partial charge in [-0.3, -0.25) is 4.79 Å². The first kappa shape index (κ1) is 16.4. The number of carbonyl (C=O) groups excluding carboxylic acids is 1. The van der Waals surface area contributed by atoms with Crippen molar-refractivity contribution < 1.29 is 9.53 Å². The second-order valence-electron chi connectivity index (χ2n) is 5.78. The first-order valence-electron chi connectivity index (χ1n) is 8.33. The molecule has 1 unspecified atom stereocenters. The summed E-state index contributed by atoms with van der Waals surface area (Å²) in [6, 6.07) is 8.03. The Morgan fingerprint density at radius 1 is 1.29 bits per heavy atom. The maximum atomic E-state index is 12.1. The quantitative estimate of drug-likeness (QED) is 0.853. The van der Waals surface area contributed by atoms with Crippen LogP contribution in [0.25, 0.3) is 0 Å². The molecule has 6 heteroatoms. The van der Waals surface area contributed by atoms with E-state index < -0.39 is 0 Å². The summed E-state index contributed by atoms with van der Waals surface area (Å²) in [5, 5.41) is 6.06. The van der Waals surface area contributed by atoms with Crippen LogP contribution in [0, 0.1) is 0 Å². The lowest BCUT2D eigenvalue weighted by atomic mass is 10.1. The Kier molecular flexibility index (Phi) is 5.38. The molecule has 1 aliphatic heterocycles. The number of hydrogen-bond donors (Lipinski definition) is 2. The Balaban J connectivity index is 1.59. The molecule has 2 heterocycles. The first-order valence-corrected chi connectivity index (χ1v) is 8.33. The second-order valence-corrected chi connectivity index (χ2v) is 5.78. The minimum absolute atomic E-state index is 0.126. The van der Waals surface area contributed by atoms with Crippen LogP contribution in [-0.2, 0) is 11.2 Å². The van der Waals surface area contributed by atoms with Crippen LogP contribution in [0.3, 0.4) is 0 Å². The number of aromatic nitrogens is 2. The van der Waals surface area contributed by atoms with E-state index >= 15 is 0 Å². The van der Waals surface area contributed by atoms with Crippen LogP contribution in [0.2, 0.25) is 0 Å². The standard InChI is InChI=1S/C18H22N4O2/c1-2-13-6-3-4-8-16(13)22-18-20-10-14(11-21-18)17(23)19-12-15-7-5-9-24-15/h3-4,6,8,10-11,15H,2,5,7,9,12H2,1H3,(H,19,23)(H,20,21,22). The van der Waals surface area contributed by atoms with E-state index in [1.807, 2.05) is 18.2 Å². The number of benzene rings is 1. The Morgan fingerprint density at radius 2 is 2.08 bits per heavy atom. The number of hydrogen-bond acceptors (Lipinski definition) is 5. The molecule has 6 nitrogen and oxygen atoms in total. The first-order chi connectivity index (χ1) is 11.8. The van der Waals surface area contributed by atoms with Gasteiger partial charge in [0.05, 0.1) is 11.7 Å². The zero-order chi connectivity index (χ0) is 16.8. The Bertz CT molecular complexity index is 682. The van der Waals surface area contributed by atoms with Crippen LogP contribution in [0.4, 0.5) is 11.6 Å². The molecule has 0 radical (unpaired) electrons. The number of aryl methyl sites for hydroxylation is 1. The molecule has 1 fully saturated rings. The molecule has 0 spiro atoms. The maximum absolute atomic E-state index is 12.1. The van der Waals surface area contributed by atoms with Crippen molar-refractivity contribution in [2.45, 2.75) is 32.3 Å². The SMILES string of the molecule is CCc1ccccc1Nc1ncc(C(=O)NCC2CCCO2)cn1. The van der Waals surface area contributed by atoms with Gasteiger partial charge in [0, 0.05) is 31.2 Å². The normalized spacial score (nSPS) is 16.8. The number of rotatable bonds is 6. The minimum Gasteiger partial charge on any atom is -0.376 e. The number of carbonyl (C=O) groups is 1. The van der Waals surface area contributed by atoms with Gasteiger partial charge in [-0.25, -0.2) is 9.97 Å². The van der Waals surface area contributed by atoms with E-state index in [0.717, 1.165) is 31.6 Å². The monoisotopic (exact) mass is 326 g/mol. The van der Waals surface area contributed by atoms with Crippen LogP contribution in [0.5, 0.6) is 0 Å². The van der Waals surface area contributed by atoms with Gasteiger partial charge in [-0.2, -0.15) is 0 Å². The summed E-state index contributed by atoms with van der Waals surface area (Å²) < 4.78 is 5.49.